The second-order valence-electron chi connectivity index (χ2n) is 5.83. The molecule has 3 unspecified atom stereocenters. The number of hydrogen-bond donors (Lipinski definition) is 1. The molecule has 0 saturated heterocycles. The summed E-state index contributed by atoms with van der Waals surface area (Å²) < 4.78 is 44.3. The Balaban J connectivity index is 1.85. The molecule has 2 saturated carbocycles. The van der Waals surface area contributed by atoms with Gasteiger partial charge in [-0.2, -0.15) is 13.2 Å². The van der Waals surface area contributed by atoms with Crippen molar-refractivity contribution in [3.8, 4) is 5.75 Å². The van der Waals surface area contributed by atoms with Gasteiger partial charge in [-0.1, -0.05) is 6.42 Å². The first-order chi connectivity index (χ1) is 9.47. The molecule has 1 N–H and O–H groups in total. The summed E-state index contributed by atoms with van der Waals surface area (Å²) >= 11 is 0. The third kappa shape index (κ3) is 2.45. The first-order valence-electron chi connectivity index (χ1n) is 6.99. The molecule has 20 heavy (non-hydrogen) atoms. The molecule has 2 aliphatic carbocycles. The second-order valence-corrected chi connectivity index (χ2v) is 5.83. The van der Waals surface area contributed by atoms with Crippen molar-refractivity contribution in [2.45, 2.75) is 37.9 Å². The average Bonchev–Trinajstić information content (AvgIpc) is 3.00. The molecule has 0 heterocycles. The monoisotopic (exact) mass is 285 g/mol. The lowest BCUT2D eigenvalue weighted by atomic mass is 9.95. The zero-order valence-corrected chi connectivity index (χ0v) is 11.3. The third-order valence-electron chi connectivity index (χ3n) is 4.61. The van der Waals surface area contributed by atoms with E-state index in [0.29, 0.717) is 11.8 Å². The third-order valence-corrected chi connectivity index (χ3v) is 4.61. The Hall–Kier alpha value is -1.39. The van der Waals surface area contributed by atoms with E-state index in [2.05, 4.69) is 5.32 Å². The van der Waals surface area contributed by atoms with E-state index >= 15 is 0 Å². The Kier molecular flexibility index (Phi) is 3.30. The molecule has 3 atom stereocenters. The highest BCUT2D eigenvalue weighted by atomic mass is 19.4. The number of hydrogen-bond acceptors (Lipinski definition) is 2. The van der Waals surface area contributed by atoms with E-state index in [-0.39, 0.29) is 17.5 Å². The summed E-state index contributed by atoms with van der Waals surface area (Å²) in [5, 5.41) is 3.12. The van der Waals surface area contributed by atoms with Gasteiger partial charge in [-0.3, -0.25) is 0 Å². The molecule has 2 bridgehead atoms. The van der Waals surface area contributed by atoms with Crippen molar-refractivity contribution in [3.63, 3.8) is 0 Å². The predicted octanol–water partition coefficient (Wildman–Crippen LogP) is 4.31. The smallest absolute Gasteiger partial charge is 0.418 e. The average molecular weight is 285 g/mol. The van der Waals surface area contributed by atoms with E-state index in [0.717, 1.165) is 25.3 Å². The Morgan fingerprint density at radius 1 is 1.20 bits per heavy atom. The van der Waals surface area contributed by atoms with Crippen LogP contribution in [0.25, 0.3) is 0 Å². The van der Waals surface area contributed by atoms with Crippen molar-refractivity contribution in [1.29, 1.82) is 0 Å². The van der Waals surface area contributed by atoms with Crippen LogP contribution < -0.4 is 10.1 Å². The molecule has 2 aliphatic rings. The first kappa shape index (κ1) is 13.6. The van der Waals surface area contributed by atoms with Gasteiger partial charge < -0.3 is 10.1 Å². The van der Waals surface area contributed by atoms with E-state index in [1.54, 1.807) is 6.07 Å². The zero-order valence-electron chi connectivity index (χ0n) is 11.3. The molecule has 0 aliphatic heterocycles. The van der Waals surface area contributed by atoms with Gasteiger partial charge in [-0.25, -0.2) is 0 Å². The summed E-state index contributed by atoms with van der Waals surface area (Å²) in [6, 6.07) is 4.30. The van der Waals surface area contributed by atoms with Gasteiger partial charge in [0.1, 0.15) is 5.75 Å². The largest absolute Gasteiger partial charge is 0.497 e. The number of benzene rings is 1. The van der Waals surface area contributed by atoms with Crippen LogP contribution in [0.2, 0.25) is 0 Å². The molecular formula is C15H18F3NO. The highest BCUT2D eigenvalue weighted by molar-refractivity contribution is 5.56. The Morgan fingerprint density at radius 2 is 2.00 bits per heavy atom. The number of methoxy groups -OCH3 is 1. The molecule has 2 nitrogen and oxygen atoms in total. The maximum Gasteiger partial charge on any atom is 0.418 e. The second kappa shape index (κ2) is 4.86. The van der Waals surface area contributed by atoms with Gasteiger partial charge in [0.25, 0.3) is 0 Å². The van der Waals surface area contributed by atoms with Crippen molar-refractivity contribution in [1.82, 2.24) is 0 Å². The van der Waals surface area contributed by atoms with Crippen LogP contribution in [0.1, 0.15) is 31.2 Å². The molecule has 5 heteroatoms. The fourth-order valence-corrected chi connectivity index (χ4v) is 3.63. The van der Waals surface area contributed by atoms with Crippen LogP contribution in [0.5, 0.6) is 5.75 Å². The van der Waals surface area contributed by atoms with E-state index in [1.165, 1.54) is 19.6 Å². The van der Waals surface area contributed by atoms with Gasteiger partial charge in [-0.15, -0.1) is 0 Å². The number of nitrogens with one attached hydrogen (secondary N) is 1. The Morgan fingerprint density at radius 3 is 2.55 bits per heavy atom. The fraction of sp³-hybridized carbons (Fsp3) is 0.600. The summed E-state index contributed by atoms with van der Waals surface area (Å²) in [5.74, 6) is 1.46. The molecule has 1 aromatic rings. The lowest BCUT2D eigenvalue weighted by Gasteiger charge is -2.26. The van der Waals surface area contributed by atoms with Crippen molar-refractivity contribution in [2.24, 2.45) is 11.8 Å². The molecule has 3 rings (SSSR count). The summed E-state index contributed by atoms with van der Waals surface area (Å²) in [4.78, 5) is 0. The van der Waals surface area contributed by atoms with Gasteiger partial charge in [0, 0.05) is 11.7 Å². The number of fused-ring (bicyclic) bond motifs is 2. The first-order valence-corrected chi connectivity index (χ1v) is 6.99. The topological polar surface area (TPSA) is 21.3 Å². The normalized spacial score (nSPS) is 28.7. The number of halogens is 3. The molecule has 0 spiro atoms. The van der Waals surface area contributed by atoms with Crippen LogP contribution in [0.3, 0.4) is 0 Å². The summed E-state index contributed by atoms with van der Waals surface area (Å²) in [6.45, 7) is 0. The van der Waals surface area contributed by atoms with Gasteiger partial charge in [0.2, 0.25) is 0 Å². The molecule has 110 valence electrons. The highest BCUT2D eigenvalue weighted by Crippen LogP contribution is 2.46. The maximum atomic E-state index is 13.1. The fourth-order valence-electron chi connectivity index (χ4n) is 3.63. The van der Waals surface area contributed by atoms with Crippen LogP contribution in [0.4, 0.5) is 18.9 Å². The minimum atomic E-state index is -4.37. The Bertz CT molecular complexity index is 500. The standard InChI is InChI=1S/C15H18F3NO/c1-20-11-4-5-13(12(8-11)15(16,17)18)19-14-7-9-2-3-10(14)6-9/h4-5,8-10,14,19H,2-3,6-7H2,1H3. The van der Waals surface area contributed by atoms with Crippen molar-refractivity contribution in [2.75, 3.05) is 12.4 Å². The maximum absolute atomic E-state index is 13.1. The lowest BCUT2D eigenvalue weighted by molar-refractivity contribution is -0.137. The van der Waals surface area contributed by atoms with Gasteiger partial charge in [-0.05, 0) is 49.3 Å². The highest BCUT2D eigenvalue weighted by Gasteiger charge is 2.41. The van der Waals surface area contributed by atoms with Crippen molar-refractivity contribution in [3.05, 3.63) is 23.8 Å². The molecule has 0 amide bonds. The molecule has 2 fully saturated rings. The van der Waals surface area contributed by atoms with Crippen LogP contribution in [0.15, 0.2) is 18.2 Å². The minimum Gasteiger partial charge on any atom is -0.497 e. The van der Waals surface area contributed by atoms with E-state index in [1.807, 2.05) is 0 Å². The molecular weight excluding hydrogens is 267 g/mol. The minimum absolute atomic E-state index is 0.177. The van der Waals surface area contributed by atoms with E-state index in [9.17, 15) is 13.2 Å². The SMILES string of the molecule is COc1ccc(NC2CC3CCC2C3)c(C(F)(F)F)c1. The van der Waals surface area contributed by atoms with Crippen LogP contribution in [-0.2, 0) is 6.18 Å². The molecule has 0 aromatic heterocycles. The van der Waals surface area contributed by atoms with Gasteiger partial charge >= 0.3 is 6.18 Å². The van der Waals surface area contributed by atoms with Crippen molar-refractivity contribution >= 4 is 5.69 Å². The van der Waals surface area contributed by atoms with Gasteiger partial charge in [0.15, 0.2) is 0 Å². The van der Waals surface area contributed by atoms with Crippen LogP contribution >= 0.6 is 0 Å². The number of ether oxygens (including phenoxy) is 1. The van der Waals surface area contributed by atoms with Crippen molar-refractivity contribution < 1.29 is 17.9 Å². The lowest BCUT2D eigenvalue weighted by Crippen LogP contribution is -2.27. The number of rotatable bonds is 3. The Labute approximate surface area is 116 Å². The summed E-state index contributed by atoms with van der Waals surface area (Å²) in [6.07, 6.45) is 0.162. The van der Waals surface area contributed by atoms with Gasteiger partial charge in [0.05, 0.1) is 12.7 Å². The summed E-state index contributed by atoms with van der Waals surface area (Å²) in [7, 11) is 1.37. The zero-order chi connectivity index (χ0) is 14.3. The van der Waals surface area contributed by atoms with Crippen LogP contribution in [-0.4, -0.2) is 13.2 Å². The molecule has 1 aromatic carbocycles. The summed E-state index contributed by atoms with van der Waals surface area (Å²) in [5.41, 5.74) is -0.463. The van der Waals surface area contributed by atoms with Crippen LogP contribution in [0, 0.1) is 11.8 Å². The quantitative estimate of drug-likeness (QED) is 0.893. The molecule has 0 radical (unpaired) electrons. The predicted molar refractivity (Wildman–Crippen MR) is 70.9 cm³/mol. The van der Waals surface area contributed by atoms with E-state index in [4.69, 9.17) is 4.74 Å². The number of alkyl halides is 3. The van der Waals surface area contributed by atoms with E-state index < -0.39 is 11.7 Å². The number of anilines is 1.